The van der Waals surface area contributed by atoms with Crippen LogP contribution in [0.5, 0.6) is 0 Å². The molecule has 0 saturated heterocycles. The van der Waals surface area contributed by atoms with E-state index in [0.717, 1.165) is 41.9 Å². The molecule has 1 N–H and O–H groups in total. The Kier molecular flexibility index (Phi) is 5.46. The van der Waals surface area contributed by atoms with Crippen LogP contribution in [-0.2, 0) is 0 Å². The Bertz CT molecular complexity index is 387. The number of rotatable bonds is 1. The minimum absolute atomic E-state index is 0.0352. The summed E-state index contributed by atoms with van der Waals surface area (Å²) in [6, 6.07) is 0. The van der Waals surface area contributed by atoms with Gasteiger partial charge >= 0.3 is 0 Å². The molecular formula is C22H40O. The summed E-state index contributed by atoms with van der Waals surface area (Å²) in [7, 11) is 0. The van der Waals surface area contributed by atoms with Crippen molar-refractivity contribution < 1.29 is 5.11 Å². The zero-order chi connectivity index (χ0) is 16.6. The molecule has 3 saturated carbocycles. The number of hydrogen-bond donors (Lipinski definition) is 1. The van der Waals surface area contributed by atoms with Crippen LogP contribution in [0.15, 0.2) is 0 Å². The summed E-state index contributed by atoms with van der Waals surface area (Å²) in [6.07, 6.45) is 13.6. The van der Waals surface area contributed by atoms with Gasteiger partial charge in [0.2, 0.25) is 0 Å². The van der Waals surface area contributed by atoms with Gasteiger partial charge in [0.1, 0.15) is 0 Å². The van der Waals surface area contributed by atoms with E-state index in [2.05, 4.69) is 27.7 Å². The van der Waals surface area contributed by atoms with Crippen LogP contribution in [0, 0.1) is 40.9 Å². The van der Waals surface area contributed by atoms with E-state index < -0.39 is 0 Å². The van der Waals surface area contributed by atoms with Gasteiger partial charge in [0.25, 0.3) is 0 Å². The molecule has 0 unspecified atom stereocenters. The molecule has 0 aliphatic heterocycles. The van der Waals surface area contributed by atoms with Gasteiger partial charge in [-0.15, -0.1) is 0 Å². The van der Waals surface area contributed by atoms with Crippen molar-refractivity contribution in [3.05, 3.63) is 0 Å². The first-order valence-corrected chi connectivity index (χ1v) is 10.6. The molecule has 0 aromatic rings. The molecule has 3 fully saturated rings. The summed E-state index contributed by atoms with van der Waals surface area (Å²) in [4.78, 5) is 0. The molecule has 0 amide bonds. The second kappa shape index (κ2) is 7.06. The van der Waals surface area contributed by atoms with Gasteiger partial charge in [-0.1, -0.05) is 59.8 Å². The highest BCUT2D eigenvalue weighted by molar-refractivity contribution is 5.05. The fraction of sp³-hybridized carbons (Fsp3) is 1.00. The van der Waals surface area contributed by atoms with E-state index in [9.17, 15) is 5.11 Å². The topological polar surface area (TPSA) is 20.2 Å². The highest BCUT2D eigenvalue weighted by atomic mass is 16.3. The summed E-state index contributed by atoms with van der Waals surface area (Å²) >= 11 is 0. The molecule has 3 rings (SSSR count). The highest BCUT2D eigenvalue weighted by Gasteiger charge is 2.55. The van der Waals surface area contributed by atoms with Gasteiger partial charge in [0.05, 0.1) is 6.10 Å². The van der Waals surface area contributed by atoms with Crippen molar-refractivity contribution in [2.24, 2.45) is 40.9 Å². The molecule has 3 aliphatic carbocycles. The Morgan fingerprint density at radius 3 is 2.30 bits per heavy atom. The van der Waals surface area contributed by atoms with E-state index in [0.29, 0.717) is 0 Å². The molecular weight excluding hydrogens is 280 g/mol. The van der Waals surface area contributed by atoms with Crippen molar-refractivity contribution in [1.82, 2.24) is 0 Å². The maximum absolute atomic E-state index is 10.7. The van der Waals surface area contributed by atoms with E-state index in [-0.39, 0.29) is 11.5 Å². The lowest BCUT2D eigenvalue weighted by Gasteiger charge is -2.53. The van der Waals surface area contributed by atoms with E-state index in [4.69, 9.17) is 0 Å². The van der Waals surface area contributed by atoms with Crippen molar-refractivity contribution in [2.75, 3.05) is 0 Å². The zero-order valence-electron chi connectivity index (χ0n) is 16.1. The minimum atomic E-state index is -0.0352. The smallest absolute Gasteiger partial charge is 0.0596 e. The first-order valence-electron chi connectivity index (χ1n) is 10.6. The summed E-state index contributed by atoms with van der Waals surface area (Å²) in [5.74, 6) is 5.15. The first kappa shape index (κ1) is 17.8. The van der Waals surface area contributed by atoms with Crippen LogP contribution >= 0.6 is 0 Å². The fourth-order valence-electron chi connectivity index (χ4n) is 6.86. The van der Waals surface area contributed by atoms with Gasteiger partial charge in [-0.3, -0.25) is 0 Å². The van der Waals surface area contributed by atoms with Crippen molar-refractivity contribution in [2.45, 2.75) is 98.0 Å². The van der Waals surface area contributed by atoms with E-state index >= 15 is 0 Å². The molecule has 134 valence electrons. The monoisotopic (exact) mass is 320 g/mol. The molecule has 1 heteroatoms. The second-order valence-corrected chi connectivity index (χ2v) is 9.86. The number of hydrogen-bond acceptors (Lipinski definition) is 1. The van der Waals surface area contributed by atoms with Gasteiger partial charge in [-0.2, -0.15) is 0 Å². The molecule has 0 spiro atoms. The maximum atomic E-state index is 10.7. The van der Waals surface area contributed by atoms with Gasteiger partial charge in [-0.25, -0.2) is 0 Å². The first-order chi connectivity index (χ1) is 10.9. The molecule has 1 nitrogen and oxygen atoms in total. The Morgan fingerprint density at radius 2 is 1.61 bits per heavy atom. The predicted octanol–water partition coefficient (Wildman–Crippen LogP) is 6.05. The quantitative estimate of drug-likeness (QED) is 0.623. The predicted molar refractivity (Wildman–Crippen MR) is 98.2 cm³/mol. The van der Waals surface area contributed by atoms with E-state index in [1.165, 1.54) is 57.8 Å². The lowest BCUT2D eigenvalue weighted by molar-refractivity contribution is -0.0741. The van der Waals surface area contributed by atoms with Gasteiger partial charge in [-0.05, 0) is 73.0 Å². The largest absolute Gasteiger partial charge is 0.393 e. The van der Waals surface area contributed by atoms with Crippen LogP contribution in [-0.4, -0.2) is 11.2 Å². The van der Waals surface area contributed by atoms with Crippen molar-refractivity contribution >= 4 is 0 Å². The van der Waals surface area contributed by atoms with Crippen LogP contribution in [0.2, 0.25) is 0 Å². The number of fused-ring (bicyclic) bond motifs is 3. The third kappa shape index (κ3) is 3.24. The molecule has 0 aromatic heterocycles. The summed E-state index contributed by atoms with van der Waals surface area (Å²) in [5.41, 5.74) is 0.220. The molecule has 0 heterocycles. The Hall–Kier alpha value is -0.0400. The fourth-order valence-corrected chi connectivity index (χ4v) is 6.86. The average Bonchev–Trinajstić information content (AvgIpc) is 2.81. The SMILES string of the molecule is CC(C)[C@@H]1CCCCCC[C@H](C)[C@H]2CC[C@]3(C)[C@@H](O)CC[C@H]3[C@@H]21. The molecule has 0 aromatic carbocycles. The van der Waals surface area contributed by atoms with Crippen molar-refractivity contribution in [1.29, 1.82) is 0 Å². The van der Waals surface area contributed by atoms with Crippen LogP contribution < -0.4 is 0 Å². The minimum Gasteiger partial charge on any atom is -0.393 e. The van der Waals surface area contributed by atoms with E-state index in [1.54, 1.807) is 0 Å². The Balaban J connectivity index is 1.92. The van der Waals surface area contributed by atoms with Crippen molar-refractivity contribution in [3.8, 4) is 0 Å². The molecule has 23 heavy (non-hydrogen) atoms. The molecule has 3 aliphatic rings. The van der Waals surface area contributed by atoms with Crippen LogP contribution in [0.4, 0.5) is 0 Å². The number of aliphatic hydroxyl groups excluding tert-OH is 1. The van der Waals surface area contributed by atoms with E-state index in [1.807, 2.05) is 0 Å². The molecule has 0 bridgehead atoms. The lowest BCUT2D eigenvalue weighted by atomic mass is 9.52. The Morgan fingerprint density at radius 1 is 0.913 bits per heavy atom. The lowest BCUT2D eigenvalue weighted by Crippen LogP contribution is -2.48. The summed E-state index contributed by atoms with van der Waals surface area (Å²) in [5, 5.41) is 10.7. The second-order valence-electron chi connectivity index (χ2n) is 9.86. The Labute approximate surface area is 144 Å². The summed E-state index contributed by atoms with van der Waals surface area (Å²) in [6.45, 7) is 9.90. The van der Waals surface area contributed by atoms with Gasteiger partial charge in [0, 0.05) is 0 Å². The summed E-state index contributed by atoms with van der Waals surface area (Å²) < 4.78 is 0. The average molecular weight is 321 g/mol. The normalized spacial score (nSPS) is 48.8. The standard InChI is InChI=1S/C22H40O/c1-15(2)17-10-8-6-5-7-9-16(3)18-13-14-22(4)19(21(17)18)11-12-20(22)23/h15-21,23H,5-14H2,1-4H3/t16-,17-,18+,19-,20-,21+,22-/m0/s1. The molecule has 0 radical (unpaired) electrons. The van der Waals surface area contributed by atoms with Crippen LogP contribution in [0.1, 0.15) is 91.9 Å². The third-order valence-corrected chi connectivity index (χ3v) is 8.36. The van der Waals surface area contributed by atoms with Crippen LogP contribution in [0.25, 0.3) is 0 Å². The maximum Gasteiger partial charge on any atom is 0.0596 e. The molecule has 7 atom stereocenters. The zero-order valence-corrected chi connectivity index (χ0v) is 16.1. The number of aliphatic hydroxyl groups is 1. The van der Waals surface area contributed by atoms with Crippen LogP contribution in [0.3, 0.4) is 0 Å². The van der Waals surface area contributed by atoms with Crippen molar-refractivity contribution in [3.63, 3.8) is 0 Å². The van der Waals surface area contributed by atoms with Gasteiger partial charge in [0.15, 0.2) is 0 Å². The van der Waals surface area contributed by atoms with Gasteiger partial charge < -0.3 is 5.11 Å². The highest BCUT2D eigenvalue weighted by Crippen LogP contribution is 2.60. The third-order valence-electron chi connectivity index (χ3n) is 8.36.